The van der Waals surface area contributed by atoms with E-state index in [1.54, 1.807) is 18.2 Å². The van der Waals surface area contributed by atoms with Gasteiger partial charge in [0.05, 0.1) is 19.1 Å². The molecule has 0 fully saturated rings. The first kappa shape index (κ1) is 15.9. The lowest BCUT2D eigenvalue weighted by Crippen LogP contribution is -2.19. The lowest BCUT2D eigenvalue weighted by Gasteiger charge is -2.05. The van der Waals surface area contributed by atoms with E-state index in [0.717, 1.165) is 4.90 Å². The third kappa shape index (κ3) is 4.53. The highest BCUT2D eigenvalue weighted by Gasteiger charge is 2.05. The van der Waals surface area contributed by atoms with E-state index in [2.05, 4.69) is 10.5 Å². The van der Waals surface area contributed by atoms with Crippen molar-refractivity contribution in [2.24, 2.45) is 5.10 Å². The number of rotatable bonds is 6. The number of carbonyl (C=O) groups excluding carboxylic acids is 1. The lowest BCUT2D eigenvalue weighted by atomic mass is 10.2. The molecule has 5 nitrogen and oxygen atoms in total. The van der Waals surface area contributed by atoms with Crippen molar-refractivity contribution in [3.05, 3.63) is 54.1 Å². The van der Waals surface area contributed by atoms with E-state index in [0.29, 0.717) is 11.3 Å². The Hall–Kier alpha value is -2.47. The van der Waals surface area contributed by atoms with Crippen LogP contribution in [0.1, 0.15) is 5.56 Å². The number of benzene rings is 2. The standard InChI is InChI=1S/C16H16N2O3S/c1-21-14-9-5-6-12(16(14)20)10-17-18-15(19)11-22-13-7-3-2-4-8-13/h2-10,20H,11H2,1H3,(H,18,19)/b17-10-. The number of amides is 1. The molecule has 6 heteroatoms. The Bertz CT molecular complexity index is 660. The van der Waals surface area contributed by atoms with Crippen LogP contribution < -0.4 is 10.2 Å². The minimum atomic E-state index is -0.215. The summed E-state index contributed by atoms with van der Waals surface area (Å²) in [6.45, 7) is 0. The molecule has 0 saturated heterocycles. The minimum Gasteiger partial charge on any atom is -0.504 e. The number of hydrazone groups is 1. The molecular weight excluding hydrogens is 300 g/mol. The molecule has 22 heavy (non-hydrogen) atoms. The second-order valence-corrected chi connectivity index (χ2v) is 5.34. The molecule has 0 aliphatic rings. The molecule has 0 bridgehead atoms. The van der Waals surface area contributed by atoms with Crippen LogP contribution in [0.2, 0.25) is 0 Å². The van der Waals surface area contributed by atoms with Gasteiger partial charge in [0.1, 0.15) is 0 Å². The molecule has 0 aromatic heterocycles. The van der Waals surface area contributed by atoms with Crippen LogP contribution in [0, 0.1) is 0 Å². The number of para-hydroxylation sites is 1. The Morgan fingerprint density at radius 1 is 1.27 bits per heavy atom. The molecule has 0 heterocycles. The Kier molecular flexibility index (Phi) is 5.85. The van der Waals surface area contributed by atoms with Crippen LogP contribution in [0.3, 0.4) is 0 Å². The van der Waals surface area contributed by atoms with E-state index in [9.17, 15) is 9.90 Å². The number of hydrogen-bond acceptors (Lipinski definition) is 5. The van der Waals surface area contributed by atoms with Crippen LogP contribution in [0.25, 0.3) is 0 Å². The third-order valence-electron chi connectivity index (χ3n) is 2.76. The summed E-state index contributed by atoms with van der Waals surface area (Å²) in [5.74, 6) is 0.398. The predicted molar refractivity (Wildman–Crippen MR) is 87.6 cm³/mol. The number of phenolic OH excluding ortho intramolecular Hbond substituents is 1. The Balaban J connectivity index is 1.86. The maximum Gasteiger partial charge on any atom is 0.250 e. The summed E-state index contributed by atoms with van der Waals surface area (Å²) in [5.41, 5.74) is 2.89. The van der Waals surface area contributed by atoms with Gasteiger partial charge in [-0.25, -0.2) is 5.43 Å². The maximum atomic E-state index is 11.7. The predicted octanol–water partition coefficient (Wildman–Crippen LogP) is 2.64. The molecule has 1 amide bonds. The van der Waals surface area contributed by atoms with Crippen molar-refractivity contribution in [2.75, 3.05) is 12.9 Å². The van der Waals surface area contributed by atoms with Gasteiger partial charge in [-0.05, 0) is 24.3 Å². The second kappa shape index (κ2) is 8.09. The van der Waals surface area contributed by atoms with Crippen molar-refractivity contribution in [3.8, 4) is 11.5 Å². The lowest BCUT2D eigenvalue weighted by molar-refractivity contribution is -0.118. The zero-order chi connectivity index (χ0) is 15.8. The summed E-state index contributed by atoms with van der Waals surface area (Å²) < 4.78 is 5.00. The molecule has 114 valence electrons. The average Bonchev–Trinajstić information content (AvgIpc) is 2.55. The first-order chi connectivity index (χ1) is 10.7. The molecule has 2 aromatic carbocycles. The van der Waals surface area contributed by atoms with Crippen LogP contribution in [0.5, 0.6) is 11.5 Å². The van der Waals surface area contributed by atoms with Crippen molar-refractivity contribution < 1.29 is 14.6 Å². The quantitative estimate of drug-likeness (QED) is 0.488. The first-order valence-electron chi connectivity index (χ1n) is 6.56. The van der Waals surface area contributed by atoms with E-state index in [-0.39, 0.29) is 17.4 Å². The number of aromatic hydroxyl groups is 1. The Labute approximate surface area is 133 Å². The van der Waals surface area contributed by atoms with E-state index in [1.165, 1.54) is 25.1 Å². The van der Waals surface area contributed by atoms with Crippen molar-refractivity contribution in [1.29, 1.82) is 0 Å². The topological polar surface area (TPSA) is 70.9 Å². The van der Waals surface area contributed by atoms with E-state index < -0.39 is 0 Å². The summed E-state index contributed by atoms with van der Waals surface area (Å²) in [7, 11) is 1.47. The normalized spacial score (nSPS) is 10.6. The molecule has 0 aliphatic carbocycles. The molecule has 2 rings (SSSR count). The van der Waals surface area contributed by atoms with Crippen LogP contribution in [0.4, 0.5) is 0 Å². The van der Waals surface area contributed by atoms with Crippen molar-refractivity contribution in [2.45, 2.75) is 4.90 Å². The molecule has 2 aromatic rings. The largest absolute Gasteiger partial charge is 0.504 e. The van der Waals surface area contributed by atoms with Gasteiger partial charge >= 0.3 is 0 Å². The summed E-state index contributed by atoms with van der Waals surface area (Å²) in [4.78, 5) is 12.7. The van der Waals surface area contributed by atoms with Gasteiger partial charge in [-0.15, -0.1) is 11.8 Å². The zero-order valence-electron chi connectivity index (χ0n) is 12.0. The van der Waals surface area contributed by atoms with E-state index in [4.69, 9.17) is 4.74 Å². The molecule has 0 spiro atoms. The molecule has 0 unspecified atom stereocenters. The van der Waals surface area contributed by atoms with Crippen LogP contribution in [-0.4, -0.2) is 30.1 Å². The number of methoxy groups -OCH3 is 1. The van der Waals surface area contributed by atoms with Gasteiger partial charge in [-0.3, -0.25) is 4.79 Å². The number of carbonyl (C=O) groups is 1. The first-order valence-corrected chi connectivity index (χ1v) is 7.55. The fraction of sp³-hybridized carbons (Fsp3) is 0.125. The zero-order valence-corrected chi connectivity index (χ0v) is 12.8. The SMILES string of the molecule is COc1cccc(/C=N\NC(=O)CSc2ccccc2)c1O. The molecule has 2 N–H and O–H groups in total. The van der Waals surface area contributed by atoms with E-state index >= 15 is 0 Å². The molecule has 0 radical (unpaired) electrons. The summed E-state index contributed by atoms with van der Waals surface area (Å²) in [6, 6.07) is 14.7. The van der Waals surface area contributed by atoms with Gasteiger partial charge in [0.2, 0.25) is 5.91 Å². The molecule has 0 saturated carbocycles. The summed E-state index contributed by atoms with van der Waals surface area (Å²) >= 11 is 1.43. The number of hydrogen-bond donors (Lipinski definition) is 2. The molecule has 0 aliphatic heterocycles. The minimum absolute atomic E-state index is 0.0124. The number of ether oxygens (including phenoxy) is 1. The van der Waals surface area contributed by atoms with Crippen LogP contribution in [0.15, 0.2) is 58.5 Å². The highest BCUT2D eigenvalue weighted by Crippen LogP contribution is 2.27. The van der Waals surface area contributed by atoms with Gasteiger partial charge in [-0.2, -0.15) is 5.10 Å². The van der Waals surface area contributed by atoms with Crippen LogP contribution in [-0.2, 0) is 4.79 Å². The fourth-order valence-electron chi connectivity index (χ4n) is 1.68. The third-order valence-corrected chi connectivity index (χ3v) is 3.77. The number of thioether (sulfide) groups is 1. The van der Waals surface area contributed by atoms with Gasteiger partial charge in [0, 0.05) is 10.5 Å². The van der Waals surface area contributed by atoms with Gasteiger partial charge in [-0.1, -0.05) is 24.3 Å². The smallest absolute Gasteiger partial charge is 0.250 e. The number of nitrogens with zero attached hydrogens (tertiary/aromatic N) is 1. The Morgan fingerprint density at radius 2 is 2.05 bits per heavy atom. The summed E-state index contributed by atoms with van der Waals surface area (Å²) in [6.07, 6.45) is 1.38. The monoisotopic (exact) mass is 316 g/mol. The summed E-state index contributed by atoms with van der Waals surface area (Å²) in [5, 5.41) is 13.7. The number of nitrogens with one attached hydrogen (secondary N) is 1. The highest BCUT2D eigenvalue weighted by molar-refractivity contribution is 8.00. The second-order valence-electron chi connectivity index (χ2n) is 4.29. The fourth-order valence-corrected chi connectivity index (χ4v) is 2.39. The van der Waals surface area contributed by atoms with Crippen molar-refractivity contribution in [1.82, 2.24) is 5.43 Å². The van der Waals surface area contributed by atoms with E-state index in [1.807, 2.05) is 30.3 Å². The Morgan fingerprint density at radius 3 is 2.77 bits per heavy atom. The van der Waals surface area contributed by atoms with Crippen molar-refractivity contribution in [3.63, 3.8) is 0 Å². The van der Waals surface area contributed by atoms with Gasteiger partial charge < -0.3 is 9.84 Å². The highest BCUT2D eigenvalue weighted by atomic mass is 32.2. The molecule has 0 atom stereocenters. The number of phenols is 1. The average molecular weight is 316 g/mol. The van der Waals surface area contributed by atoms with Crippen molar-refractivity contribution >= 4 is 23.9 Å². The van der Waals surface area contributed by atoms with Gasteiger partial charge in [0.25, 0.3) is 0 Å². The van der Waals surface area contributed by atoms with Gasteiger partial charge in [0.15, 0.2) is 11.5 Å². The maximum absolute atomic E-state index is 11.7. The van der Waals surface area contributed by atoms with Crippen LogP contribution >= 0.6 is 11.8 Å². The molecular formula is C16H16N2O3S.